The van der Waals surface area contributed by atoms with E-state index >= 15 is 0 Å². The number of rotatable bonds is 14. The van der Waals surface area contributed by atoms with Crippen LogP contribution in [0.4, 0.5) is 11.8 Å². The summed E-state index contributed by atoms with van der Waals surface area (Å²) in [4.78, 5) is 44.6. The zero-order chi connectivity index (χ0) is 30.3. The summed E-state index contributed by atoms with van der Waals surface area (Å²) in [6.07, 6.45) is -0.859. The third-order valence-corrected chi connectivity index (χ3v) is 7.19. The highest BCUT2D eigenvalue weighted by molar-refractivity contribution is 5.84. The van der Waals surface area contributed by atoms with Gasteiger partial charge in [0.05, 0.1) is 5.69 Å². The molecule has 0 saturated carbocycles. The Morgan fingerprint density at radius 2 is 1.73 bits per heavy atom. The van der Waals surface area contributed by atoms with E-state index in [4.69, 9.17) is 28.7 Å². The van der Waals surface area contributed by atoms with Gasteiger partial charge in [-0.25, -0.2) is 4.98 Å². The number of fused-ring (bicyclic) bond motifs is 1. The molecular formula is C30H30N8O6. The number of benzene rings is 1. The van der Waals surface area contributed by atoms with E-state index in [-0.39, 0.29) is 12.9 Å². The second-order valence-corrected chi connectivity index (χ2v) is 10.00. The number of nitrogens with zero attached hydrogens (tertiary/aromatic N) is 5. The second kappa shape index (κ2) is 13.3. The first-order valence-corrected chi connectivity index (χ1v) is 14.1. The Bertz CT molecular complexity index is 1700. The highest BCUT2D eigenvalue weighted by Crippen LogP contribution is 2.44. The van der Waals surface area contributed by atoms with Crippen LogP contribution in [-0.2, 0) is 43.2 Å². The van der Waals surface area contributed by atoms with E-state index in [1.807, 2.05) is 55.5 Å². The Hall–Kier alpha value is -5.37. The lowest BCUT2D eigenvalue weighted by Gasteiger charge is -2.19. The Morgan fingerprint density at radius 1 is 0.932 bits per heavy atom. The van der Waals surface area contributed by atoms with Gasteiger partial charge in [-0.2, -0.15) is 9.97 Å². The van der Waals surface area contributed by atoms with Crippen LogP contribution in [0.5, 0.6) is 0 Å². The van der Waals surface area contributed by atoms with Gasteiger partial charge in [-0.1, -0.05) is 48.5 Å². The number of anilines is 2. The Labute approximate surface area is 251 Å². The van der Waals surface area contributed by atoms with Gasteiger partial charge in [0, 0.05) is 37.5 Å². The van der Waals surface area contributed by atoms with Crippen LogP contribution in [0.1, 0.15) is 47.7 Å². The Kier molecular flexibility index (Phi) is 8.68. The normalized spacial score (nSPS) is 19.5. The zero-order valence-electron chi connectivity index (χ0n) is 23.8. The van der Waals surface area contributed by atoms with Crippen molar-refractivity contribution in [3.63, 3.8) is 0 Å². The summed E-state index contributed by atoms with van der Waals surface area (Å²) in [7, 11) is 0. The number of aromatic amines is 1. The molecule has 0 spiro atoms. The first kappa shape index (κ1) is 28.7. The molecule has 1 aromatic carbocycles. The van der Waals surface area contributed by atoms with Crippen LogP contribution in [0, 0.1) is 0 Å². The van der Waals surface area contributed by atoms with Crippen molar-refractivity contribution in [3.8, 4) is 0 Å². The Morgan fingerprint density at radius 3 is 2.45 bits per heavy atom. The lowest BCUT2D eigenvalue weighted by Crippen LogP contribution is -2.32. The van der Waals surface area contributed by atoms with Crippen molar-refractivity contribution in [1.82, 2.24) is 30.1 Å². The molecule has 44 heavy (non-hydrogen) atoms. The molecule has 6 rings (SSSR count). The SMILES string of the molecule is CCc1cc([C@H]2O[C@H](c3nc4nc(NCCc5ccccn5)nc(NCc5ccccc5)c4[nH]3)[C@@H](OC=O)[C@@H]2OC=O)on1. The van der Waals surface area contributed by atoms with Crippen LogP contribution in [0.15, 0.2) is 65.3 Å². The van der Waals surface area contributed by atoms with Gasteiger partial charge in [0.15, 0.2) is 41.6 Å². The topological polar surface area (TPSA) is 179 Å². The van der Waals surface area contributed by atoms with E-state index < -0.39 is 24.4 Å². The van der Waals surface area contributed by atoms with E-state index in [0.29, 0.717) is 66.1 Å². The predicted molar refractivity (Wildman–Crippen MR) is 156 cm³/mol. The van der Waals surface area contributed by atoms with E-state index in [1.54, 1.807) is 12.3 Å². The zero-order valence-corrected chi connectivity index (χ0v) is 23.8. The van der Waals surface area contributed by atoms with Gasteiger partial charge in [-0.05, 0) is 24.1 Å². The summed E-state index contributed by atoms with van der Waals surface area (Å²) in [5.74, 6) is 1.50. The molecular weight excluding hydrogens is 568 g/mol. The van der Waals surface area contributed by atoms with Gasteiger partial charge in [0.2, 0.25) is 5.95 Å². The van der Waals surface area contributed by atoms with E-state index in [0.717, 1.165) is 11.3 Å². The van der Waals surface area contributed by atoms with Crippen LogP contribution in [0.25, 0.3) is 11.2 Å². The molecule has 4 aromatic heterocycles. The molecule has 3 N–H and O–H groups in total. The minimum absolute atomic E-state index is 0.278. The summed E-state index contributed by atoms with van der Waals surface area (Å²) in [5, 5.41) is 10.6. The van der Waals surface area contributed by atoms with E-state index in [1.165, 1.54) is 0 Å². The van der Waals surface area contributed by atoms with Crippen molar-refractivity contribution < 1.29 is 28.3 Å². The predicted octanol–water partition coefficient (Wildman–Crippen LogP) is 3.46. The van der Waals surface area contributed by atoms with Crippen molar-refractivity contribution in [2.45, 2.75) is 50.7 Å². The summed E-state index contributed by atoms with van der Waals surface area (Å²) in [6.45, 7) is 3.52. The lowest BCUT2D eigenvalue weighted by atomic mass is 10.0. The van der Waals surface area contributed by atoms with Gasteiger partial charge in [-0.3, -0.25) is 14.6 Å². The van der Waals surface area contributed by atoms with Crippen molar-refractivity contribution in [2.24, 2.45) is 0 Å². The van der Waals surface area contributed by atoms with Gasteiger partial charge >= 0.3 is 0 Å². The van der Waals surface area contributed by atoms with Crippen LogP contribution >= 0.6 is 0 Å². The average molecular weight is 599 g/mol. The summed E-state index contributed by atoms with van der Waals surface area (Å²) in [6, 6.07) is 17.4. The van der Waals surface area contributed by atoms with Crippen molar-refractivity contribution in [3.05, 3.63) is 89.3 Å². The summed E-state index contributed by atoms with van der Waals surface area (Å²) in [5.41, 5.74) is 3.55. The van der Waals surface area contributed by atoms with Crippen molar-refractivity contribution >= 4 is 35.9 Å². The maximum atomic E-state index is 11.5. The van der Waals surface area contributed by atoms with Crippen LogP contribution in [-0.4, -0.2) is 61.8 Å². The number of hydrogen-bond acceptors (Lipinski definition) is 13. The molecule has 14 nitrogen and oxygen atoms in total. The third-order valence-electron chi connectivity index (χ3n) is 7.19. The molecule has 0 unspecified atom stereocenters. The monoisotopic (exact) mass is 598 g/mol. The van der Waals surface area contributed by atoms with Gasteiger partial charge in [0.25, 0.3) is 12.9 Å². The largest absolute Gasteiger partial charge is 0.457 e. The molecule has 1 aliphatic rings. The number of ether oxygens (including phenoxy) is 3. The molecule has 1 saturated heterocycles. The quantitative estimate of drug-likeness (QED) is 0.158. The number of carbonyl (C=O) groups excluding carboxylic acids is 2. The number of pyridine rings is 1. The molecule has 5 aromatic rings. The molecule has 14 heteroatoms. The number of nitrogens with one attached hydrogen (secondary N) is 3. The smallest absolute Gasteiger partial charge is 0.293 e. The van der Waals surface area contributed by atoms with Crippen molar-refractivity contribution in [2.75, 3.05) is 17.2 Å². The molecule has 0 bridgehead atoms. The highest BCUT2D eigenvalue weighted by Gasteiger charge is 2.52. The summed E-state index contributed by atoms with van der Waals surface area (Å²) >= 11 is 0. The molecule has 0 amide bonds. The van der Waals surface area contributed by atoms with E-state index in [9.17, 15) is 9.59 Å². The number of aromatic nitrogens is 6. The standard InChI is InChI=1S/C30H30N8O6/c1-2-19-14-21(44-38-19)23-24(41-16-39)25(42-17-40)26(43-23)29-34-22-27(33-15-18-8-4-3-5-9-18)36-30(37-28(22)35-29)32-13-11-20-10-6-7-12-31-20/h3-10,12,14,16-17,23-26H,2,11,13,15H2,1H3,(H3,32,33,34,35,36,37)/t23-,24-,25+,26+/m1/s1. The first-order valence-electron chi connectivity index (χ1n) is 14.1. The second-order valence-electron chi connectivity index (χ2n) is 10.00. The molecule has 5 heterocycles. The number of hydrogen-bond donors (Lipinski definition) is 3. The van der Waals surface area contributed by atoms with Gasteiger partial charge < -0.3 is 34.4 Å². The molecule has 1 fully saturated rings. The maximum absolute atomic E-state index is 11.5. The number of carbonyl (C=O) groups is 2. The van der Waals surface area contributed by atoms with Gasteiger partial charge in [-0.15, -0.1) is 0 Å². The van der Waals surface area contributed by atoms with Crippen LogP contribution < -0.4 is 10.6 Å². The molecule has 0 radical (unpaired) electrons. The number of H-pyrrole nitrogens is 1. The fourth-order valence-electron chi connectivity index (χ4n) is 5.05. The fraction of sp³-hybridized carbons (Fsp3) is 0.300. The van der Waals surface area contributed by atoms with Crippen LogP contribution in [0.2, 0.25) is 0 Å². The minimum Gasteiger partial charge on any atom is -0.457 e. The maximum Gasteiger partial charge on any atom is 0.293 e. The van der Waals surface area contributed by atoms with Gasteiger partial charge in [0.1, 0.15) is 11.3 Å². The summed E-state index contributed by atoms with van der Waals surface area (Å²) < 4.78 is 22.5. The van der Waals surface area contributed by atoms with Crippen molar-refractivity contribution in [1.29, 1.82) is 0 Å². The number of aryl methyl sites for hydroxylation is 1. The minimum atomic E-state index is -1.04. The lowest BCUT2D eigenvalue weighted by molar-refractivity contribution is -0.150. The Balaban J connectivity index is 1.32. The highest BCUT2D eigenvalue weighted by atomic mass is 16.6. The average Bonchev–Trinajstić information content (AvgIpc) is 3.79. The van der Waals surface area contributed by atoms with E-state index in [2.05, 4.69) is 30.7 Å². The first-order chi connectivity index (χ1) is 21.7. The molecule has 226 valence electrons. The number of imidazole rings is 1. The molecule has 4 atom stereocenters. The molecule has 1 aliphatic heterocycles. The van der Waals surface area contributed by atoms with Crippen LogP contribution in [0.3, 0.4) is 0 Å². The fourth-order valence-corrected chi connectivity index (χ4v) is 5.05. The third kappa shape index (κ3) is 6.20. The molecule has 0 aliphatic carbocycles.